The molecule has 1 atom stereocenters. The monoisotopic (exact) mass is 321 g/mol. The first kappa shape index (κ1) is 15.2. The zero-order chi connectivity index (χ0) is 15.7. The number of piperidine rings is 1. The van der Waals surface area contributed by atoms with Gasteiger partial charge >= 0.3 is 0 Å². The zero-order valence-corrected chi connectivity index (χ0v) is 13.9. The molecule has 6 heteroatoms. The number of ether oxygens (including phenoxy) is 2. The number of hydrogen-bond acceptors (Lipinski definition) is 5. The van der Waals surface area contributed by atoms with E-state index >= 15 is 0 Å². The number of anilines is 1. The largest absolute Gasteiger partial charge is 0.493 e. The number of aromatic nitrogens is 2. The van der Waals surface area contributed by atoms with E-state index in [4.69, 9.17) is 26.1 Å². The Labute approximate surface area is 135 Å². The van der Waals surface area contributed by atoms with Gasteiger partial charge in [-0.2, -0.15) is 0 Å². The summed E-state index contributed by atoms with van der Waals surface area (Å²) in [5.74, 6) is 2.54. The lowest BCUT2D eigenvalue weighted by Crippen LogP contribution is -2.35. The molecule has 1 fully saturated rings. The van der Waals surface area contributed by atoms with Crippen LogP contribution < -0.4 is 14.4 Å². The first-order valence-electron chi connectivity index (χ1n) is 7.47. The van der Waals surface area contributed by atoms with E-state index in [2.05, 4.69) is 16.8 Å². The van der Waals surface area contributed by atoms with Crippen molar-refractivity contribution in [3.63, 3.8) is 0 Å². The summed E-state index contributed by atoms with van der Waals surface area (Å²) < 4.78 is 10.8. The van der Waals surface area contributed by atoms with Crippen molar-refractivity contribution in [1.82, 2.24) is 9.97 Å². The van der Waals surface area contributed by atoms with E-state index in [0.29, 0.717) is 34.0 Å². The Hall–Kier alpha value is -1.75. The van der Waals surface area contributed by atoms with Crippen LogP contribution in [0, 0.1) is 5.92 Å². The minimum absolute atomic E-state index is 0.444. The predicted molar refractivity (Wildman–Crippen MR) is 88.3 cm³/mol. The maximum Gasteiger partial charge on any atom is 0.227 e. The van der Waals surface area contributed by atoms with Gasteiger partial charge in [0.15, 0.2) is 11.5 Å². The highest BCUT2D eigenvalue weighted by atomic mass is 35.5. The van der Waals surface area contributed by atoms with Gasteiger partial charge in [-0.1, -0.05) is 18.5 Å². The van der Waals surface area contributed by atoms with E-state index in [-0.39, 0.29) is 0 Å². The Morgan fingerprint density at radius 3 is 2.73 bits per heavy atom. The normalized spacial score (nSPS) is 18.5. The van der Waals surface area contributed by atoms with Crippen molar-refractivity contribution in [2.45, 2.75) is 19.8 Å². The molecule has 0 bridgehead atoms. The lowest BCUT2D eigenvalue weighted by Gasteiger charge is -2.31. The first-order valence-corrected chi connectivity index (χ1v) is 7.85. The number of hydrogen-bond donors (Lipinski definition) is 0. The average Bonchev–Trinajstić information content (AvgIpc) is 2.53. The zero-order valence-electron chi connectivity index (χ0n) is 13.1. The first-order chi connectivity index (χ1) is 10.6. The van der Waals surface area contributed by atoms with Crippen LogP contribution in [0.5, 0.6) is 11.5 Å². The number of fused-ring (bicyclic) bond motifs is 1. The molecule has 5 nitrogen and oxygen atoms in total. The van der Waals surface area contributed by atoms with Gasteiger partial charge in [0.05, 0.1) is 14.2 Å². The summed E-state index contributed by atoms with van der Waals surface area (Å²) in [6.45, 7) is 4.16. The molecular formula is C16H20ClN3O2. The Morgan fingerprint density at radius 2 is 2.05 bits per heavy atom. The molecule has 1 aliphatic rings. The molecule has 0 aliphatic carbocycles. The third-order valence-electron chi connectivity index (χ3n) is 4.09. The minimum Gasteiger partial charge on any atom is -0.493 e. The summed E-state index contributed by atoms with van der Waals surface area (Å²) in [6, 6.07) is 3.68. The second-order valence-corrected chi connectivity index (χ2v) is 6.06. The van der Waals surface area contributed by atoms with Gasteiger partial charge in [0.2, 0.25) is 5.95 Å². The van der Waals surface area contributed by atoms with Crippen molar-refractivity contribution in [1.29, 1.82) is 0 Å². The second-order valence-electron chi connectivity index (χ2n) is 5.71. The molecule has 2 aromatic rings. The van der Waals surface area contributed by atoms with E-state index in [0.717, 1.165) is 24.9 Å². The van der Waals surface area contributed by atoms with Crippen LogP contribution in [0.2, 0.25) is 5.15 Å². The Balaban J connectivity index is 2.13. The molecule has 22 heavy (non-hydrogen) atoms. The molecule has 1 unspecified atom stereocenters. The number of methoxy groups -OCH3 is 2. The molecule has 0 saturated carbocycles. The van der Waals surface area contributed by atoms with E-state index in [9.17, 15) is 0 Å². The minimum atomic E-state index is 0.444. The molecule has 0 N–H and O–H groups in total. The number of benzene rings is 1. The number of rotatable bonds is 3. The van der Waals surface area contributed by atoms with Gasteiger partial charge in [-0.15, -0.1) is 0 Å². The van der Waals surface area contributed by atoms with Crippen LogP contribution in [0.25, 0.3) is 10.9 Å². The van der Waals surface area contributed by atoms with Crippen LogP contribution in [0.4, 0.5) is 5.95 Å². The lowest BCUT2D eigenvalue weighted by atomic mass is 10.0. The number of nitrogens with zero attached hydrogens (tertiary/aromatic N) is 3. The van der Waals surface area contributed by atoms with E-state index in [1.807, 2.05) is 12.1 Å². The lowest BCUT2D eigenvalue weighted by molar-refractivity contribution is 0.358. The average molecular weight is 322 g/mol. The van der Waals surface area contributed by atoms with Gasteiger partial charge in [-0.05, 0) is 30.9 Å². The van der Waals surface area contributed by atoms with Gasteiger partial charge in [0.25, 0.3) is 0 Å². The molecule has 1 saturated heterocycles. The molecule has 0 spiro atoms. The topological polar surface area (TPSA) is 47.5 Å². The Morgan fingerprint density at radius 1 is 1.23 bits per heavy atom. The summed E-state index contributed by atoms with van der Waals surface area (Å²) in [4.78, 5) is 11.4. The fraction of sp³-hybridized carbons (Fsp3) is 0.500. The van der Waals surface area contributed by atoms with Crippen molar-refractivity contribution < 1.29 is 9.47 Å². The van der Waals surface area contributed by atoms with Gasteiger partial charge in [-0.25, -0.2) is 9.97 Å². The van der Waals surface area contributed by atoms with E-state index in [1.165, 1.54) is 6.42 Å². The standard InChI is InChI=1S/C16H20ClN3O2/c1-10-5-4-8-20(9-10)16-18-13-11(15(17)19-16)6-7-12(21-2)14(13)22-3/h6-7,10H,4-5,8-9H2,1-3H3. The fourth-order valence-corrected chi connectivity index (χ4v) is 3.20. The van der Waals surface area contributed by atoms with Crippen LogP contribution >= 0.6 is 11.6 Å². The third-order valence-corrected chi connectivity index (χ3v) is 4.38. The van der Waals surface area contributed by atoms with E-state index in [1.54, 1.807) is 14.2 Å². The van der Waals surface area contributed by atoms with Crippen LogP contribution in [0.3, 0.4) is 0 Å². The SMILES string of the molecule is COc1ccc2c(Cl)nc(N3CCCC(C)C3)nc2c1OC. The maximum absolute atomic E-state index is 6.37. The molecule has 0 radical (unpaired) electrons. The van der Waals surface area contributed by atoms with E-state index < -0.39 is 0 Å². The molecule has 118 valence electrons. The van der Waals surface area contributed by atoms with Crippen LogP contribution in [0.1, 0.15) is 19.8 Å². The summed E-state index contributed by atoms with van der Waals surface area (Å²) in [5, 5.41) is 1.22. The predicted octanol–water partition coefficient (Wildman–Crippen LogP) is 3.54. The fourth-order valence-electron chi connectivity index (χ4n) is 2.97. The van der Waals surface area contributed by atoms with Crippen molar-refractivity contribution in [2.24, 2.45) is 5.92 Å². The molecule has 1 aromatic heterocycles. The van der Waals surface area contributed by atoms with Crippen molar-refractivity contribution in [3.05, 3.63) is 17.3 Å². The molecule has 0 amide bonds. The summed E-state index contributed by atoms with van der Waals surface area (Å²) in [6.07, 6.45) is 2.39. The highest BCUT2D eigenvalue weighted by Crippen LogP contribution is 2.37. The second kappa shape index (κ2) is 6.16. The van der Waals surface area contributed by atoms with Crippen LogP contribution in [-0.2, 0) is 0 Å². The number of halogens is 1. The molecule has 1 aliphatic heterocycles. The van der Waals surface area contributed by atoms with Crippen molar-refractivity contribution >= 4 is 28.5 Å². The van der Waals surface area contributed by atoms with Gasteiger partial charge < -0.3 is 14.4 Å². The highest BCUT2D eigenvalue weighted by molar-refractivity contribution is 6.34. The summed E-state index contributed by atoms with van der Waals surface area (Å²) in [7, 11) is 3.22. The molecule has 1 aromatic carbocycles. The van der Waals surface area contributed by atoms with Crippen LogP contribution in [-0.4, -0.2) is 37.3 Å². The maximum atomic E-state index is 6.37. The quantitative estimate of drug-likeness (QED) is 0.809. The van der Waals surface area contributed by atoms with Crippen LogP contribution in [0.15, 0.2) is 12.1 Å². The summed E-state index contributed by atoms with van der Waals surface area (Å²) in [5.41, 5.74) is 0.690. The van der Waals surface area contributed by atoms with Gasteiger partial charge in [0, 0.05) is 18.5 Å². The van der Waals surface area contributed by atoms with Gasteiger partial charge in [-0.3, -0.25) is 0 Å². The molecule has 3 rings (SSSR count). The third kappa shape index (κ3) is 2.65. The Bertz CT molecular complexity index is 693. The molecule has 2 heterocycles. The Kier molecular flexibility index (Phi) is 4.25. The van der Waals surface area contributed by atoms with Gasteiger partial charge in [0.1, 0.15) is 10.7 Å². The smallest absolute Gasteiger partial charge is 0.227 e. The molecular weight excluding hydrogens is 302 g/mol. The van der Waals surface area contributed by atoms with Crippen molar-refractivity contribution in [3.8, 4) is 11.5 Å². The highest BCUT2D eigenvalue weighted by Gasteiger charge is 2.21. The summed E-state index contributed by atoms with van der Waals surface area (Å²) >= 11 is 6.37. The van der Waals surface area contributed by atoms with Crippen molar-refractivity contribution in [2.75, 3.05) is 32.2 Å².